The molecule has 3 heteroatoms. The molecular weight excluding hydrogens is 212 g/mol. The standard InChI is InChI=1S/C14H28N2O/c1-11-4-6-16(10-12(11)9-15)13-5-7-17-14(2,3)8-13/h11-13H,4-10,15H2,1-3H3. The van der Waals surface area contributed by atoms with Gasteiger partial charge in [0.15, 0.2) is 0 Å². The van der Waals surface area contributed by atoms with Crippen molar-refractivity contribution in [3.05, 3.63) is 0 Å². The van der Waals surface area contributed by atoms with Crippen molar-refractivity contribution in [2.45, 2.75) is 51.7 Å². The average Bonchev–Trinajstić information content (AvgIpc) is 2.28. The van der Waals surface area contributed by atoms with Gasteiger partial charge in [0.05, 0.1) is 5.60 Å². The molecular formula is C14H28N2O. The lowest BCUT2D eigenvalue weighted by Crippen LogP contribution is -2.51. The molecule has 3 unspecified atom stereocenters. The minimum atomic E-state index is 0.0597. The van der Waals surface area contributed by atoms with E-state index in [1.54, 1.807) is 0 Å². The van der Waals surface area contributed by atoms with Crippen molar-refractivity contribution in [3.8, 4) is 0 Å². The van der Waals surface area contributed by atoms with Gasteiger partial charge in [-0.05, 0) is 58.0 Å². The van der Waals surface area contributed by atoms with E-state index in [4.69, 9.17) is 10.5 Å². The third-order valence-corrected chi connectivity index (χ3v) is 4.64. The second kappa shape index (κ2) is 5.25. The van der Waals surface area contributed by atoms with Crippen LogP contribution in [0, 0.1) is 11.8 Å². The van der Waals surface area contributed by atoms with Crippen LogP contribution in [0.5, 0.6) is 0 Å². The van der Waals surface area contributed by atoms with Crippen molar-refractivity contribution >= 4 is 0 Å². The van der Waals surface area contributed by atoms with Crippen molar-refractivity contribution in [1.29, 1.82) is 0 Å². The molecule has 0 aromatic carbocycles. The topological polar surface area (TPSA) is 38.5 Å². The molecule has 0 spiro atoms. The maximum absolute atomic E-state index is 5.89. The third-order valence-electron chi connectivity index (χ3n) is 4.64. The van der Waals surface area contributed by atoms with Crippen LogP contribution < -0.4 is 5.73 Å². The molecule has 0 bridgehead atoms. The number of hydrogen-bond donors (Lipinski definition) is 1. The highest BCUT2D eigenvalue weighted by Gasteiger charge is 2.35. The quantitative estimate of drug-likeness (QED) is 0.800. The first-order valence-corrected chi connectivity index (χ1v) is 7.10. The first kappa shape index (κ1) is 13.3. The molecule has 3 nitrogen and oxygen atoms in total. The summed E-state index contributed by atoms with van der Waals surface area (Å²) in [6.45, 7) is 11.0. The fraction of sp³-hybridized carbons (Fsp3) is 1.00. The average molecular weight is 240 g/mol. The molecule has 2 aliphatic rings. The molecule has 0 aliphatic carbocycles. The lowest BCUT2D eigenvalue weighted by Gasteiger charge is -2.45. The van der Waals surface area contributed by atoms with Gasteiger partial charge in [-0.1, -0.05) is 6.92 Å². The summed E-state index contributed by atoms with van der Waals surface area (Å²) in [6, 6.07) is 0.709. The van der Waals surface area contributed by atoms with Crippen LogP contribution in [0.3, 0.4) is 0 Å². The van der Waals surface area contributed by atoms with Gasteiger partial charge in [-0.15, -0.1) is 0 Å². The number of rotatable bonds is 2. The number of likely N-dealkylation sites (tertiary alicyclic amines) is 1. The van der Waals surface area contributed by atoms with Crippen LogP contribution in [0.1, 0.15) is 40.0 Å². The van der Waals surface area contributed by atoms with Gasteiger partial charge in [0.25, 0.3) is 0 Å². The van der Waals surface area contributed by atoms with E-state index in [1.807, 2.05) is 0 Å². The summed E-state index contributed by atoms with van der Waals surface area (Å²) in [7, 11) is 0. The fourth-order valence-electron chi connectivity index (χ4n) is 3.33. The Bertz CT molecular complexity index is 255. The van der Waals surface area contributed by atoms with E-state index in [2.05, 4.69) is 25.7 Å². The van der Waals surface area contributed by atoms with Gasteiger partial charge in [-0.3, -0.25) is 4.90 Å². The summed E-state index contributed by atoms with van der Waals surface area (Å²) >= 11 is 0. The molecule has 0 aromatic heterocycles. The molecule has 2 saturated heterocycles. The summed E-state index contributed by atoms with van der Waals surface area (Å²) in [6.07, 6.45) is 3.66. The van der Waals surface area contributed by atoms with Gasteiger partial charge < -0.3 is 10.5 Å². The number of hydrogen-bond acceptors (Lipinski definition) is 3. The number of piperidine rings is 1. The maximum atomic E-state index is 5.89. The summed E-state index contributed by atoms with van der Waals surface area (Å²) < 4.78 is 5.81. The van der Waals surface area contributed by atoms with E-state index in [0.717, 1.165) is 19.1 Å². The Labute approximate surface area is 106 Å². The first-order chi connectivity index (χ1) is 8.02. The summed E-state index contributed by atoms with van der Waals surface area (Å²) in [4.78, 5) is 2.67. The van der Waals surface area contributed by atoms with E-state index < -0.39 is 0 Å². The Morgan fingerprint density at radius 2 is 2.12 bits per heavy atom. The largest absolute Gasteiger partial charge is 0.375 e. The minimum Gasteiger partial charge on any atom is -0.375 e. The van der Waals surface area contributed by atoms with Crippen LogP contribution in [0.25, 0.3) is 0 Å². The summed E-state index contributed by atoms with van der Waals surface area (Å²) in [5.41, 5.74) is 5.95. The van der Waals surface area contributed by atoms with Crippen molar-refractivity contribution in [1.82, 2.24) is 4.90 Å². The second-order valence-corrected chi connectivity index (χ2v) is 6.51. The molecule has 2 heterocycles. The van der Waals surface area contributed by atoms with Crippen LogP contribution >= 0.6 is 0 Å². The Morgan fingerprint density at radius 1 is 1.35 bits per heavy atom. The second-order valence-electron chi connectivity index (χ2n) is 6.51. The van der Waals surface area contributed by atoms with Gasteiger partial charge in [0, 0.05) is 19.2 Å². The highest BCUT2D eigenvalue weighted by Crippen LogP contribution is 2.31. The molecule has 0 saturated carbocycles. The zero-order valence-corrected chi connectivity index (χ0v) is 11.6. The zero-order chi connectivity index (χ0) is 12.5. The lowest BCUT2D eigenvalue weighted by molar-refractivity contribution is -0.0898. The Kier molecular flexibility index (Phi) is 4.11. The molecule has 2 aliphatic heterocycles. The Balaban J connectivity index is 1.93. The SMILES string of the molecule is CC1CCN(C2CCOC(C)(C)C2)CC1CN. The van der Waals surface area contributed by atoms with Gasteiger partial charge >= 0.3 is 0 Å². The summed E-state index contributed by atoms with van der Waals surface area (Å²) in [5, 5.41) is 0. The number of nitrogens with two attached hydrogens (primary N) is 1. The Morgan fingerprint density at radius 3 is 2.76 bits per heavy atom. The highest BCUT2D eigenvalue weighted by atomic mass is 16.5. The third kappa shape index (κ3) is 3.21. The van der Waals surface area contributed by atoms with Crippen molar-refractivity contribution in [3.63, 3.8) is 0 Å². The predicted molar refractivity (Wildman–Crippen MR) is 71.0 cm³/mol. The van der Waals surface area contributed by atoms with E-state index in [9.17, 15) is 0 Å². The normalized spacial score (nSPS) is 39.2. The van der Waals surface area contributed by atoms with E-state index in [1.165, 1.54) is 32.4 Å². The molecule has 2 rings (SSSR count). The van der Waals surface area contributed by atoms with E-state index >= 15 is 0 Å². The van der Waals surface area contributed by atoms with Crippen molar-refractivity contribution in [2.24, 2.45) is 17.6 Å². The van der Waals surface area contributed by atoms with Crippen LogP contribution in [0.4, 0.5) is 0 Å². The molecule has 2 N–H and O–H groups in total. The molecule has 17 heavy (non-hydrogen) atoms. The van der Waals surface area contributed by atoms with Gasteiger partial charge in [0.1, 0.15) is 0 Å². The smallest absolute Gasteiger partial charge is 0.0641 e. The summed E-state index contributed by atoms with van der Waals surface area (Å²) in [5.74, 6) is 1.49. The van der Waals surface area contributed by atoms with E-state index in [-0.39, 0.29) is 5.60 Å². The Hall–Kier alpha value is -0.120. The monoisotopic (exact) mass is 240 g/mol. The van der Waals surface area contributed by atoms with Crippen molar-refractivity contribution < 1.29 is 4.74 Å². The molecule has 0 radical (unpaired) electrons. The maximum Gasteiger partial charge on any atom is 0.0641 e. The van der Waals surface area contributed by atoms with Crippen LogP contribution in [-0.2, 0) is 4.74 Å². The zero-order valence-electron chi connectivity index (χ0n) is 11.6. The molecule has 0 aromatic rings. The van der Waals surface area contributed by atoms with Gasteiger partial charge in [-0.25, -0.2) is 0 Å². The van der Waals surface area contributed by atoms with Crippen LogP contribution in [-0.4, -0.2) is 42.8 Å². The predicted octanol–water partition coefficient (Wildman–Crippen LogP) is 1.86. The lowest BCUT2D eigenvalue weighted by atomic mass is 9.84. The first-order valence-electron chi connectivity index (χ1n) is 7.10. The molecule has 100 valence electrons. The highest BCUT2D eigenvalue weighted by molar-refractivity contribution is 4.88. The van der Waals surface area contributed by atoms with Crippen LogP contribution in [0.15, 0.2) is 0 Å². The van der Waals surface area contributed by atoms with Crippen LogP contribution in [0.2, 0.25) is 0 Å². The van der Waals surface area contributed by atoms with Crippen molar-refractivity contribution in [2.75, 3.05) is 26.2 Å². The minimum absolute atomic E-state index is 0.0597. The number of nitrogens with zero attached hydrogens (tertiary/aromatic N) is 1. The fourth-order valence-corrected chi connectivity index (χ4v) is 3.33. The van der Waals surface area contributed by atoms with Gasteiger partial charge in [-0.2, -0.15) is 0 Å². The number of ether oxygens (including phenoxy) is 1. The molecule has 2 fully saturated rings. The van der Waals surface area contributed by atoms with Gasteiger partial charge in [0.2, 0.25) is 0 Å². The van der Waals surface area contributed by atoms with E-state index in [0.29, 0.717) is 12.0 Å². The molecule has 3 atom stereocenters. The molecule has 0 amide bonds.